The summed E-state index contributed by atoms with van der Waals surface area (Å²) in [5.74, 6) is 1.01. The van der Waals surface area contributed by atoms with Crippen LogP contribution in [0.4, 0.5) is 0 Å². The molecule has 0 amide bonds. The normalized spacial score (nSPS) is 12.5. The molecule has 78 valence electrons. The number of carbonyl (C=O) groups is 1. The van der Waals surface area contributed by atoms with E-state index in [-0.39, 0.29) is 9.89 Å². The number of carbonyl (C=O) groups excluding carboxylic acids is 1. The Labute approximate surface area is 97.5 Å². The first-order chi connectivity index (χ1) is 6.22. The van der Waals surface area contributed by atoms with Crippen LogP contribution < -0.4 is 5.32 Å². The van der Waals surface area contributed by atoms with Crippen molar-refractivity contribution in [1.29, 1.82) is 0 Å². The first-order valence-corrected chi connectivity index (χ1v) is 6.78. The molecule has 5 heteroatoms. The van der Waals surface area contributed by atoms with E-state index in [0.717, 1.165) is 18.7 Å². The minimum atomic E-state index is -0.155. The van der Waals surface area contributed by atoms with Gasteiger partial charge in [0.2, 0.25) is 0 Å². The number of esters is 1. The van der Waals surface area contributed by atoms with E-state index in [2.05, 4.69) is 38.9 Å². The van der Waals surface area contributed by atoms with Gasteiger partial charge in [0, 0.05) is 6.54 Å². The quantitative estimate of drug-likeness (QED) is 0.333. The zero-order valence-electron chi connectivity index (χ0n) is 8.01. The second-order valence-corrected chi connectivity index (χ2v) is 5.03. The molecule has 0 radical (unpaired) electrons. The number of alkyl halides is 1. The Morgan fingerprint density at radius 3 is 2.92 bits per heavy atom. The number of halogens is 1. The van der Waals surface area contributed by atoms with Crippen molar-refractivity contribution in [2.45, 2.75) is 10.3 Å². The van der Waals surface area contributed by atoms with Crippen molar-refractivity contribution >= 4 is 40.3 Å². The Bertz CT molecular complexity index is 146. The fourth-order valence-electron chi connectivity index (χ4n) is 0.782. The first kappa shape index (κ1) is 13.5. The number of nitrogens with one attached hydrogen (secondary N) is 1. The number of thioether (sulfide) groups is 1. The maximum Gasteiger partial charge on any atom is 0.319 e. The molecule has 1 atom stereocenters. The molecule has 0 saturated heterocycles. The standard InChI is InChI=1S/C8H16INO2S/c1-12-8(11)7(9)6-10-4-3-5-13-2/h7,10H,3-6H2,1-2H3. The summed E-state index contributed by atoms with van der Waals surface area (Å²) in [4.78, 5) is 11.0. The topological polar surface area (TPSA) is 38.3 Å². The second kappa shape index (κ2) is 9.08. The van der Waals surface area contributed by atoms with Gasteiger partial charge in [0.15, 0.2) is 0 Å². The number of hydrogen-bond acceptors (Lipinski definition) is 4. The Hall–Kier alpha value is 0.510. The highest BCUT2D eigenvalue weighted by Gasteiger charge is 2.13. The highest BCUT2D eigenvalue weighted by Crippen LogP contribution is 2.01. The lowest BCUT2D eigenvalue weighted by Crippen LogP contribution is -2.30. The highest BCUT2D eigenvalue weighted by atomic mass is 127. The third kappa shape index (κ3) is 7.57. The molecule has 0 aromatic heterocycles. The van der Waals surface area contributed by atoms with Gasteiger partial charge >= 0.3 is 5.97 Å². The molecular formula is C8H16INO2S. The van der Waals surface area contributed by atoms with Crippen molar-refractivity contribution < 1.29 is 9.53 Å². The molecule has 0 fully saturated rings. The molecule has 0 aromatic carbocycles. The zero-order chi connectivity index (χ0) is 10.1. The maximum atomic E-state index is 11.0. The Morgan fingerprint density at radius 2 is 2.38 bits per heavy atom. The van der Waals surface area contributed by atoms with Crippen molar-refractivity contribution in [1.82, 2.24) is 5.32 Å². The summed E-state index contributed by atoms with van der Waals surface area (Å²) in [7, 11) is 1.42. The smallest absolute Gasteiger partial charge is 0.319 e. The molecule has 1 unspecified atom stereocenters. The molecule has 0 aromatic rings. The lowest BCUT2D eigenvalue weighted by atomic mass is 10.4. The van der Waals surface area contributed by atoms with Gasteiger partial charge in [0.1, 0.15) is 3.92 Å². The molecule has 0 rings (SSSR count). The Kier molecular flexibility index (Phi) is 9.44. The fraction of sp³-hybridized carbons (Fsp3) is 0.875. The minimum absolute atomic E-state index is 0.0723. The number of hydrogen-bond donors (Lipinski definition) is 1. The predicted octanol–water partition coefficient (Wildman–Crippen LogP) is 1.31. The van der Waals surface area contributed by atoms with E-state index >= 15 is 0 Å². The zero-order valence-corrected chi connectivity index (χ0v) is 11.0. The second-order valence-electron chi connectivity index (χ2n) is 2.54. The molecule has 1 N–H and O–H groups in total. The van der Waals surface area contributed by atoms with Crippen LogP contribution in [0.3, 0.4) is 0 Å². The Balaban J connectivity index is 3.26. The molecule has 0 aliphatic rings. The van der Waals surface area contributed by atoms with Crippen LogP contribution in [0.15, 0.2) is 0 Å². The summed E-state index contributed by atoms with van der Waals surface area (Å²) in [6.07, 6.45) is 3.24. The third-order valence-corrected chi connectivity index (χ3v) is 3.13. The van der Waals surface area contributed by atoms with Crippen LogP contribution in [0, 0.1) is 0 Å². The third-order valence-electron chi connectivity index (χ3n) is 1.48. The van der Waals surface area contributed by atoms with E-state index < -0.39 is 0 Å². The van der Waals surface area contributed by atoms with Gasteiger partial charge < -0.3 is 10.1 Å². The first-order valence-electron chi connectivity index (χ1n) is 4.14. The molecule has 0 spiro atoms. The van der Waals surface area contributed by atoms with Crippen molar-refractivity contribution in [2.75, 3.05) is 32.2 Å². The lowest BCUT2D eigenvalue weighted by molar-refractivity contribution is -0.139. The van der Waals surface area contributed by atoms with Gasteiger partial charge in [0.25, 0.3) is 0 Å². The van der Waals surface area contributed by atoms with Gasteiger partial charge in [0.05, 0.1) is 7.11 Å². The minimum Gasteiger partial charge on any atom is -0.468 e. The van der Waals surface area contributed by atoms with Gasteiger partial charge in [-0.1, -0.05) is 22.6 Å². The van der Waals surface area contributed by atoms with E-state index in [0.29, 0.717) is 6.54 Å². The molecule has 13 heavy (non-hydrogen) atoms. The molecule has 0 heterocycles. The highest BCUT2D eigenvalue weighted by molar-refractivity contribution is 14.1. The Morgan fingerprint density at radius 1 is 1.69 bits per heavy atom. The van der Waals surface area contributed by atoms with Gasteiger partial charge in [-0.25, -0.2) is 0 Å². The summed E-state index contributed by atoms with van der Waals surface area (Å²) in [6.45, 7) is 1.67. The van der Waals surface area contributed by atoms with Crippen LogP contribution in [-0.2, 0) is 9.53 Å². The molecule has 3 nitrogen and oxygen atoms in total. The number of rotatable bonds is 7. The SMILES string of the molecule is COC(=O)C(I)CNCCCSC. The number of ether oxygens (including phenoxy) is 1. The average Bonchev–Trinajstić information content (AvgIpc) is 2.16. The van der Waals surface area contributed by atoms with Gasteiger partial charge in [-0.3, -0.25) is 4.79 Å². The van der Waals surface area contributed by atoms with E-state index in [9.17, 15) is 4.79 Å². The largest absolute Gasteiger partial charge is 0.468 e. The van der Waals surface area contributed by atoms with Crippen LogP contribution in [0.2, 0.25) is 0 Å². The molecule has 0 aliphatic heterocycles. The molecular weight excluding hydrogens is 301 g/mol. The fourth-order valence-corrected chi connectivity index (χ4v) is 1.78. The lowest BCUT2D eigenvalue weighted by Gasteiger charge is -2.08. The van der Waals surface area contributed by atoms with E-state index in [1.54, 1.807) is 0 Å². The van der Waals surface area contributed by atoms with Crippen LogP contribution in [-0.4, -0.2) is 42.1 Å². The molecule has 0 aliphatic carbocycles. The summed E-state index contributed by atoms with van der Waals surface area (Å²) in [5, 5.41) is 3.21. The van der Waals surface area contributed by atoms with E-state index in [1.807, 2.05) is 11.8 Å². The summed E-state index contributed by atoms with van der Waals surface area (Å²) >= 11 is 3.92. The van der Waals surface area contributed by atoms with Crippen molar-refractivity contribution in [3.8, 4) is 0 Å². The van der Waals surface area contributed by atoms with E-state index in [4.69, 9.17) is 0 Å². The maximum absolute atomic E-state index is 11.0. The van der Waals surface area contributed by atoms with Gasteiger partial charge in [-0.15, -0.1) is 0 Å². The summed E-state index contributed by atoms with van der Waals surface area (Å²) < 4.78 is 4.53. The predicted molar refractivity (Wildman–Crippen MR) is 65.7 cm³/mol. The summed E-state index contributed by atoms with van der Waals surface area (Å²) in [6, 6.07) is 0. The van der Waals surface area contributed by atoms with Crippen molar-refractivity contribution in [3.63, 3.8) is 0 Å². The van der Waals surface area contributed by atoms with Gasteiger partial charge in [-0.2, -0.15) is 11.8 Å². The van der Waals surface area contributed by atoms with Gasteiger partial charge in [-0.05, 0) is 25.0 Å². The molecule has 0 saturated carbocycles. The van der Waals surface area contributed by atoms with Crippen LogP contribution >= 0.6 is 34.4 Å². The molecule has 0 bridgehead atoms. The monoisotopic (exact) mass is 317 g/mol. The van der Waals surface area contributed by atoms with E-state index in [1.165, 1.54) is 7.11 Å². The van der Waals surface area contributed by atoms with Crippen LogP contribution in [0.1, 0.15) is 6.42 Å². The van der Waals surface area contributed by atoms with Crippen LogP contribution in [0.5, 0.6) is 0 Å². The number of methoxy groups -OCH3 is 1. The average molecular weight is 317 g/mol. The van der Waals surface area contributed by atoms with Crippen LogP contribution in [0.25, 0.3) is 0 Å². The summed E-state index contributed by atoms with van der Waals surface area (Å²) in [5.41, 5.74) is 0. The van der Waals surface area contributed by atoms with Crippen molar-refractivity contribution in [3.05, 3.63) is 0 Å². The van der Waals surface area contributed by atoms with Crippen molar-refractivity contribution in [2.24, 2.45) is 0 Å².